The van der Waals surface area contributed by atoms with Crippen LogP contribution < -0.4 is 33.6 Å². The molecule has 4 atom stereocenters. The fourth-order valence-corrected chi connectivity index (χ4v) is 14.4. The lowest BCUT2D eigenvalue weighted by molar-refractivity contribution is -0.191. The Balaban J connectivity index is 0.000000128. The van der Waals surface area contributed by atoms with Crippen LogP contribution in [-0.4, -0.2) is 93.2 Å². The van der Waals surface area contributed by atoms with Crippen LogP contribution in [0.1, 0.15) is 77.1 Å². The van der Waals surface area contributed by atoms with Crippen LogP contribution in [0.4, 0.5) is 17.5 Å². The van der Waals surface area contributed by atoms with Gasteiger partial charge in [0.05, 0.1) is 44.7 Å². The molecule has 7 aliphatic rings. The average Bonchev–Trinajstić information content (AvgIpc) is 1.66. The summed E-state index contributed by atoms with van der Waals surface area (Å²) in [5.41, 5.74) is 9.43. The Morgan fingerprint density at radius 3 is 0.966 bits per heavy atom. The number of carbonyl (C=O) groups is 4. The largest absolute Gasteiger partial charge is 0.497 e. The van der Waals surface area contributed by atoms with E-state index in [2.05, 4.69) is 118 Å². The lowest BCUT2D eigenvalue weighted by Crippen LogP contribution is -2.35. The molecule has 6 heterocycles. The number of rotatable bonds is 9. The maximum Gasteiger partial charge on any atom is 0.373 e. The molecular formula is C68H67Br3N6O10. The van der Waals surface area contributed by atoms with Crippen molar-refractivity contribution in [2.24, 2.45) is 21.7 Å². The zero-order valence-corrected chi connectivity index (χ0v) is 54.0. The van der Waals surface area contributed by atoms with Crippen molar-refractivity contribution < 1.29 is 47.7 Å². The van der Waals surface area contributed by atoms with E-state index in [0.29, 0.717) is 6.42 Å². The van der Waals surface area contributed by atoms with E-state index in [0.717, 1.165) is 150 Å². The van der Waals surface area contributed by atoms with Crippen LogP contribution in [0, 0.1) is 21.7 Å². The van der Waals surface area contributed by atoms with Gasteiger partial charge in [-0.2, -0.15) is 9.59 Å². The monoisotopic (exact) mass is 1360 g/mol. The predicted octanol–water partition coefficient (Wildman–Crippen LogP) is 11.9. The second-order valence-corrected chi connectivity index (χ2v) is 26.4. The van der Waals surface area contributed by atoms with Crippen molar-refractivity contribution in [1.29, 1.82) is 0 Å². The first-order chi connectivity index (χ1) is 41.9. The number of aldehydes is 1. The van der Waals surface area contributed by atoms with E-state index in [1.165, 1.54) is 44.5 Å². The number of anilines is 3. The quantitative estimate of drug-likeness (QED) is 0.124. The molecule has 16 nitrogen and oxygen atoms in total. The van der Waals surface area contributed by atoms with Crippen LogP contribution in [0.5, 0.6) is 23.0 Å². The minimum absolute atomic E-state index is 0.121. The molecule has 0 N–H and O–H groups in total. The Bertz CT molecular complexity index is 3440. The maximum absolute atomic E-state index is 13.1. The third-order valence-corrected chi connectivity index (χ3v) is 19.5. The van der Waals surface area contributed by atoms with Gasteiger partial charge in [-0.15, -0.1) is 0 Å². The molecule has 4 aliphatic carbocycles. The molecular weight excluding hydrogens is 1300 g/mol. The van der Waals surface area contributed by atoms with Crippen molar-refractivity contribution in [2.45, 2.75) is 84.0 Å². The van der Waals surface area contributed by atoms with Crippen LogP contribution in [-0.2, 0) is 80.1 Å². The van der Waals surface area contributed by atoms with Crippen molar-refractivity contribution in [1.82, 2.24) is 15.0 Å². The smallest absolute Gasteiger partial charge is 0.373 e. The van der Waals surface area contributed by atoms with Crippen LogP contribution in [0.3, 0.4) is 0 Å². The highest BCUT2D eigenvalue weighted by molar-refractivity contribution is 9.11. The van der Waals surface area contributed by atoms with Crippen molar-refractivity contribution in [3.05, 3.63) is 186 Å². The topological polar surface area (TPSA) is 188 Å². The molecule has 3 amide bonds. The second-order valence-electron chi connectivity index (χ2n) is 23.7. The Hall–Kier alpha value is -7.57. The summed E-state index contributed by atoms with van der Waals surface area (Å²) in [5.74, 6) is 6.29. The Morgan fingerprint density at radius 1 is 0.437 bits per heavy atom. The van der Waals surface area contributed by atoms with Gasteiger partial charge in [-0.05, 0) is 253 Å². The summed E-state index contributed by atoms with van der Waals surface area (Å²) in [4.78, 5) is 84.7. The summed E-state index contributed by atoms with van der Waals surface area (Å²) in [7, 11) is 6.71. The van der Waals surface area contributed by atoms with Gasteiger partial charge in [0.1, 0.15) is 46.7 Å². The summed E-state index contributed by atoms with van der Waals surface area (Å²) < 4.78 is 23.9. The highest BCUT2D eigenvalue weighted by Crippen LogP contribution is 2.50. The summed E-state index contributed by atoms with van der Waals surface area (Å²) >= 11 is 10.2. The number of hydrogen-bond acceptors (Lipinski definition) is 13. The molecule has 3 saturated heterocycles. The van der Waals surface area contributed by atoms with Gasteiger partial charge >= 0.3 is 6.15 Å². The van der Waals surface area contributed by atoms with Gasteiger partial charge in [0.15, 0.2) is 0 Å². The number of amides is 3. The number of halogens is 3. The Labute approximate surface area is 531 Å². The summed E-state index contributed by atoms with van der Waals surface area (Å²) in [6.45, 7) is 4.38. The fraction of sp³-hybridized carbons (Fsp3) is 0.353. The molecule has 450 valence electrons. The Morgan fingerprint density at radius 2 is 0.701 bits per heavy atom. The molecule has 7 aromatic rings. The van der Waals surface area contributed by atoms with Crippen molar-refractivity contribution in [3.63, 3.8) is 0 Å². The molecule has 87 heavy (non-hydrogen) atoms. The number of fused-ring (bicyclic) bond motifs is 4. The number of methoxy groups -OCH3 is 4. The van der Waals surface area contributed by atoms with Crippen molar-refractivity contribution in [3.8, 4) is 23.0 Å². The van der Waals surface area contributed by atoms with Crippen molar-refractivity contribution in [2.75, 3.05) is 62.8 Å². The van der Waals surface area contributed by atoms with Crippen LogP contribution in [0.15, 0.2) is 141 Å². The zero-order chi connectivity index (χ0) is 61.7. The van der Waals surface area contributed by atoms with Gasteiger partial charge in [0, 0.05) is 58.1 Å². The normalized spacial score (nSPS) is 22.2. The summed E-state index contributed by atoms with van der Waals surface area (Å²) in [6.07, 6.45) is 16.6. The number of hydrogen-bond donors (Lipinski definition) is 0. The van der Waals surface area contributed by atoms with Gasteiger partial charge < -0.3 is 23.7 Å². The number of nitrogens with zero attached hydrogens (tertiary/aromatic N) is 6. The number of carbonyl (C=O) groups excluding carboxylic acids is 6. The number of aromatic nitrogens is 3. The summed E-state index contributed by atoms with van der Waals surface area (Å²) in [5, 5.41) is 0. The average molecular weight is 1370 g/mol. The molecule has 0 radical (unpaired) electrons. The van der Waals surface area contributed by atoms with Gasteiger partial charge in [-0.25, -0.2) is 15.0 Å². The van der Waals surface area contributed by atoms with Gasteiger partial charge in [-0.3, -0.25) is 29.1 Å². The van der Waals surface area contributed by atoms with Crippen LogP contribution >= 0.6 is 47.8 Å². The summed E-state index contributed by atoms with van der Waals surface area (Å²) in [6, 6.07) is 36.1. The van der Waals surface area contributed by atoms with E-state index in [4.69, 9.17) is 28.5 Å². The van der Waals surface area contributed by atoms with E-state index >= 15 is 0 Å². The van der Waals surface area contributed by atoms with E-state index in [-0.39, 0.29) is 45.5 Å². The molecule has 0 saturated carbocycles. The minimum atomic E-state index is -0.302. The first-order valence-electron chi connectivity index (χ1n) is 28.8. The first kappa shape index (κ1) is 62.5. The molecule has 3 fully saturated rings. The lowest BCUT2D eigenvalue weighted by atomic mass is 9.83. The lowest BCUT2D eigenvalue weighted by Gasteiger charge is -2.22. The molecule has 4 unspecified atom stereocenters. The molecule has 3 aliphatic heterocycles. The zero-order valence-electron chi connectivity index (χ0n) is 49.2. The van der Waals surface area contributed by atoms with E-state index in [1.54, 1.807) is 47.0 Å². The standard InChI is InChI=1S/3C18H17BrN2O2.C13H16O2.CO2/c3*1-23-15-4-2-12-9-18(10-13(12)8-15)6-7-21(17(18)22)16-5-3-14(19)11-20-16;1-13(5-6-14)8-10-3-4-12(15-2)7-11(10)9-13;2-1-3/h3*2-5,8,11H,6-7,9-10H2,1H3;3-4,6-7H,5,8-9H2,1-2H3;. The maximum atomic E-state index is 13.1. The Kier molecular flexibility index (Phi) is 19.0. The minimum Gasteiger partial charge on any atom is -0.497 e. The van der Waals surface area contributed by atoms with Gasteiger partial charge in [-0.1, -0.05) is 31.2 Å². The SMILES string of the molecule is COc1ccc2c(c1)CC(C)(CC=O)C2.COc1ccc2c(c1)CC1(CCN(c3ccc(Br)cn3)C1=O)C2.COc1ccc2c(c1)CC1(CCN(c3ccc(Br)cn3)C1=O)C2.COc1ccc2c(c1)CC1(CCN(c3ccc(Br)cn3)C1=O)C2.O=C=O. The van der Waals surface area contributed by atoms with Crippen LogP contribution in [0.2, 0.25) is 0 Å². The van der Waals surface area contributed by atoms with Crippen LogP contribution in [0.25, 0.3) is 0 Å². The first-order valence-corrected chi connectivity index (χ1v) is 31.2. The van der Waals surface area contributed by atoms with Gasteiger partial charge in [0.2, 0.25) is 17.7 Å². The molecule has 3 spiro atoms. The number of ether oxygens (including phenoxy) is 4. The van der Waals surface area contributed by atoms with Gasteiger partial charge in [0.25, 0.3) is 0 Å². The van der Waals surface area contributed by atoms with E-state index in [1.807, 2.05) is 75.4 Å². The number of pyridine rings is 3. The van der Waals surface area contributed by atoms with E-state index in [9.17, 15) is 19.2 Å². The van der Waals surface area contributed by atoms with E-state index < -0.39 is 0 Å². The molecule has 4 aromatic carbocycles. The molecule has 0 bridgehead atoms. The van der Waals surface area contributed by atoms with Crippen molar-refractivity contribution >= 4 is 95.4 Å². The number of benzene rings is 4. The third-order valence-electron chi connectivity index (χ3n) is 18.1. The third kappa shape index (κ3) is 13.2. The highest BCUT2D eigenvalue weighted by Gasteiger charge is 2.53. The molecule has 3 aromatic heterocycles. The predicted molar refractivity (Wildman–Crippen MR) is 339 cm³/mol. The highest BCUT2D eigenvalue weighted by atomic mass is 79.9. The second kappa shape index (κ2) is 26.4. The molecule has 19 heteroatoms. The fourth-order valence-electron chi connectivity index (χ4n) is 13.7. The molecule has 14 rings (SSSR count).